The van der Waals surface area contributed by atoms with Crippen LogP contribution in [-0.4, -0.2) is 109 Å². The van der Waals surface area contributed by atoms with Crippen molar-refractivity contribution in [2.45, 2.75) is 42.8 Å². The van der Waals surface area contributed by atoms with E-state index >= 15 is 0 Å². The number of carboxylic acid groups (broad SMARTS) is 1. The minimum absolute atomic E-state index is 1.27. The van der Waals surface area contributed by atoms with Crippen molar-refractivity contribution >= 4 is 11.9 Å². The van der Waals surface area contributed by atoms with Crippen molar-refractivity contribution in [1.82, 2.24) is 0 Å². The molecule has 0 aliphatic carbocycles. The number of rotatable bonds is 7. The molecule has 15 nitrogen and oxygen atoms in total. The van der Waals surface area contributed by atoms with Gasteiger partial charge in [-0.1, -0.05) is 0 Å². The second-order valence-corrected chi connectivity index (χ2v) is 5.58. The number of hydrogen-bond donors (Lipinski definition) is 11. The third kappa shape index (κ3) is 3.71. The average Bonchev–Trinajstić information content (AvgIpc) is 2.29. The van der Waals surface area contributed by atoms with Crippen LogP contribution in [0.2, 0.25) is 0 Å². The van der Waals surface area contributed by atoms with Crippen molar-refractivity contribution in [3.63, 3.8) is 0 Å². The molecule has 11 N–H and O–H groups in total. The Balaban J connectivity index is 3.26. The fraction of sp³-hybridized carbons (Fsp3) is 0.800. The van der Waals surface area contributed by atoms with Gasteiger partial charge in [-0.05, 0) is 0 Å². The highest BCUT2D eigenvalue weighted by atomic mass is 16.8. The summed E-state index contributed by atoms with van der Waals surface area (Å²) < 4.78 is 1.54. The van der Waals surface area contributed by atoms with Crippen molar-refractivity contribution in [1.29, 1.82) is 0 Å². The Morgan fingerprint density at radius 1 is 1.00 bits per heavy atom. The largest absolute Gasteiger partial charge is 0.481 e. The lowest BCUT2D eigenvalue weighted by Gasteiger charge is -2.62. The van der Waals surface area contributed by atoms with Gasteiger partial charge in [-0.25, -0.2) is 4.79 Å². The van der Waals surface area contributed by atoms with E-state index in [0.717, 1.165) is 0 Å². The van der Waals surface area contributed by atoms with Crippen LogP contribution in [0.3, 0.4) is 0 Å². The molecular formula is C10H18NO14+. The van der Waals surface area contributed by atoms with Gasteiger partial charge in [-0.3, -0.25) is 20.1 Å². The smallest absolute Gasteiger partial charge is 0.450 e. The number of ether oxygens (including phenoxy) is 1. The lowest BCUT2D eigenvalue weighted by molar-refractivity contribution is -1.23. The maximum Gasteiger partial charge on any atom is 0.450 e. The molecule has 1 aliphatic heterocycles. The van der Waals surface area contributed by atoms with Crippen molar-refractivity contribution < 1.29 is 75.0 Å². The summed E-state index contributed by atoms with van der Waals surface area (Å²) in [5.74, 6) is -15.0. The van der Waals surface area contributed by atoms with Crippen LogP contribution < -0.4 is 0 Å². The topological polar surface area (TPSA) is 266 Å². The Kier molecular flexibility index (Phi) is 5.20. The van der Waals surface area contributed by atoms with Gasteiger partial charge in [0.25, 0.3) is 0 Å². The van der Waals surface area contributed by atoms with Gasteiger partial charge in [0.1, 0.15) is 6.54 Å². The molecule has 1 heterocycles. The molecule has 1 atom stereocenters. The molecule has 0 spiro atoms. The van der Waals surface area contributed by atoms with Crippen LogP contribution in [0.25, 0.3) is 0 Å². The van der Waals surface area contributed by atoms with Crippen LogP contribution >= 0.6 is 0 Å². The summed E-state index contributed by atoms with van der Waals surface area (Å²) >= 11 is 0. The molecule has 0 radical (unpaired) electrons. The summed E-state index contributed by atoms with van der Waals surface area (Å²) in [4.78, 5) is 22.0. The molecule has 1 aliphatic rings. The number of carbonyl (C=O) groups is 2. The molecule has 0 aromatic carbocycles. The predicted octanol–water partition coefficient (Wildman–Crippen LogP) is -6.91. The SMILES string of the molecule is O=C(O)CC(C[N+]1(C(O)(O)O)C(O)(O)CC1(O)O)OC(=O)C(O)(O)O. The molecule has 0 aromatic heterocycles. The van der Waals surface area contributed by atoms with E-state index in [1.807, 2.05) is 0 Å². The highest BCUT2D eigenvalue weighted by Crippen LogP contribution is 2.51. The van der Waals surface area contributed by atoms with Gasteiger partial charge in [0.15, 0.2) is 12.5 Å². The second-order valence-electron chi connectivity index (χ2n) is 5.58. The maximum absolute atomic E-state index is 11.2. The number of esters is 1. The van der Waals surface area contributed by atoms with E-state index in [2.05, 4.69) is 4.74 Å². The fourth-order valence-corrected chi connectivity index (χ4v) is 2.55. The molecule has 146 valence electrons. The van der Waals surface area contributed by atoms with Gasteiger partial charge in [-0.2, -0.15) is 0 Å². The van der Waals surface area contributed by atoms with E-state index in [1.165, 1.54) is 0 Å². The standard InChI is InChI=1S/C10H17NO14/c12-5(13)1-4(25-6(14)9(19,20)21)2-11(10(22,23)24)7(15,16)3-8(11,17)18/h4,15-24H,1-3H2/p+1. The molecule has 1 fully saturated rings. The highest BCUT2D eigenvalue weighted by Gasteiger charge is 2.84. The first-order chi connectivity index (χ1) is 10.9. The van der Waals surface area contributed by atoms with Crippen molar-refractivity contribution in [2.24, 2.45) is 0 Å². The van der Waals surface area contributed by atoms with Crippen molar-refractivity contribution in [3.8, 4) is 0 Å². The van der Waals surface area contributed by atoms with Crippen molar-refractivity contribution in [2.75, 3.05) is 6.54 Å². The molecule has 0 amide bonds. The minimum Gasteiger partial charge on any atom is -0.481 e. The van der Waals surface area contributed by atoms with Gasteiger partial charge in [0.2, 0.25) is 0 Å². The Hall–Kier alpha value is -1.50. The van der Waals surface area contributed by atoms with E-state index < -0.39 is 65.8 Å². The number of quaternary nitrogens is 1. The van der Waals surface area contributed by atoms with Crippen molar-refractivity contribution in [3.05, 3.63) is 0 Å². The number of carboxylic acids is 1. The number of aliphatic carboxylic acids is 1. The predicted molar refractivity (Wildman–Crippen MR) is 65.0 cm³/mol. The maximum atomic E-state index is 11.2. The van der Waals surface area contributed by atoms with Gasteiger partial charge in [-0.15, -0.1) is 4.48 Å². The molecule has 0 aromatic rings. The van der Waals surface area contributed by atoms with Crippen LogP contribution in [0.1, 0.15) is 12.8 Å². The molecule has 15 heteroatoms. The Labute approximate surface area is 137 Å². The third-order valence-corrected chi connectivity index (χ3v) is 3.64. The van der Waals surface area contributed by atoms with Gasteiger partial charge in [0.05, 0.1) is 6.42 Å². The second kappa shape index (κ2) is 6.04. The molecule has 1 rings (SSSR count). The lowest BCUT2D eigenvalue weighted by Crippen LogP contribution is -2.93. The molecule has 1 saturated heterocycles. The van der Waals surface area contributed by atoms with Crippen LogP contribution in [0.4, 0.5) is 0 Å². The van der Waals surface area contributed by atoms with Gasteiger partial charge >= 0.3 is 35.8 Å². The van der Waals surface area contributed by atoms with Crippen LogP contribution in [0.5, 0.6) is 0 Å². The van der Waals surface area contributed by atoms with E-state index in [4.69, 9.17) is 20.4 Å². The average molecular weight is 376 g/mol. The first-order valence-electron chi connectivity index (χ1n) is 6.42. The van der Waals surface area contributed by atoms with Gasteiger partial charge in [0, 0.05) is 0 Å². The zero-order valence-electron chi connectivity index (χ0n) is 12.3. The van der Waals surface area contributed by atoms with E-state index in [0.29, 0.717) is 0 Å². The van der Waals surface area contributed by atoms with Crippen LogP contribution in [-0.2, 0) is 14.3 Å². The monoisotopic (exact) mass is 376 g/mol. The Morgan fingerprint density at radius 3 is 1.72 bits per heavy atom. The summed E-state index contributed by atoms with van der Waals surface area (Å²) in [6, 6.07) is 0. The fourth-order valence-electron chi connectivity index (χ4n) is 2.55. The number of aliphatic hydroxyl groups is 10. The van der Waals surface area contributed by atoms with E-state index in [-0.39, 0.29) is 0 Å². The Morgan fingerprint density at radius 2 is 1.44 bits per heavy atom. The summed E-state index contributed by atoms with van der Waals surface area (Å²) in [7, 11) is 0. The summed E-state index contributed by atoms with van der Waals surface area (Å²) in [5.41, 5.74) is 0. The van der Waals surface area contributed by atoms with Crippen LogP contribution in [0, 0.1) is 0 Å². The van der Waals surface area contributed by atoms with Gasteiger partial charge < -0.3 is 45.6 Å². The van der Waals surface area contributed by atoms with E-state index in [9.17, 15) is 45.3 Å². The minimum atomic E-state index is -4.29. The van der Waals surface area contributed by atoms with E-state index in [1.54, 1.807) is 0 Å². The number of likely N-dealkylation sites (tertiary alicyclic amines) is 1. The first kappa shape index (κ1) is 21.5. The zero-order chi connectivity index (χ0) is 20.1. The molecule has 1 unspecified atom stereocenters. The lowest BCUT2D eigenvalue weighted by atomic mass is 9.95. The molecule has 0 saturated carbocycles. The molecule has 0 bridgehead atoms. The summed E-state index contributed by atoms with van der Waals surface area (Å²) in [6.45, 7) is -1.57. The first-order valence-corrected chi connectivity index (χ1v) is 6.42. The number of carbonyl (C=O) groups excluding carboxylic acids is 1. The quantitative estimate of drug-likeness (QED) is 0.112. The normalized spacial score (nSPS) is 22.6. The summed E-state index contributed by atoms with van der Waals surface area (Å²) in [6.07, 6.45) is -9.16. The number of hydrogen-bond acceptors (Lipinski definition) is 13. The zero-order valence-corrected chi connectivity index (χ0v) is 12.3. The highest BCUT2D eigenvalue weighted by molar-refractivity contribution is 5.76. The molecule has 25 heavy (non-hydrogen) atoms. The number of nitrogens with zero attached hydrogens (tertiary/aromatic N) is 1. The Bertz CT molecular complexity index is 512. The van der Waals surface area contributed by atoms with Crippen LogP contribution in [0.15, 0.2) is 0 Å². The third-order valence-electron chi connectivity index (χ3n) is 3.64. The summed E-state index contributed by atoms with van der Waals surface area (Å²) in [5, 5.41) is 101. The molecular weight excluding hydrogens is 358 g/mol.